The average molecular weight is 218 g/mol. The molecule has 1 atom stereocenters. The number of rotatable bonds is 2. The highest BCUT2D eigenvalue weighted by molar-refractivity contribution is 5.82. The Morgan fingerprint density at radius 3 is 2.81 bits per heavy atom. The molecule has 2 heterocycles. The minimum Gasteiger partial charge on any atom is -0.382 e. The fourth-order valence-electron chi connectivity index (χ4n) is 2.06. The number of nitrogens with zero attached hydrogens (tertiary/aromatic N) is 4. The maximum atomic E-state index is 5.76. The molecule has 1 saturated carbocycles. The molecule has 0 spiro atoms. The summed E-state index contributed by atoms with van der Waals surface area (Å²) in [6.45, 7) is 2.17. The van der Waals surface area contributed by atoms with Crippen LogP contribution in [0.3, 0.4) is 0 Å². The van der Waals surface area contributed by atoms with Gasteiger partial charge < -0.3 is 16.0 Å². The highest BCUT2D eigenvalue weighted by atomic mass is 15.2. The van der Waals surface area contributed by atoms with E-state index in [2.05, 4.69) is 21.9 Å². The first-order chi connectivity index (χ1) is 7.66. The van der Waals surface area contributed by atoms with E-state index in [9.17, 15) is 0 Å². The van der Waals surface area contributed by atoms with E-state index in [1.807, 2.05) is 4.57 Å². The number of anilines is 2. The Hall–Kier alpha value is -1.85. The third-order valence-electron chi connectivity index (χ3n) is 3.21. The van der Waals surface area contributed by atoms with Crippen LogP contribution in [0.5, 0.6) is 0 Å². The number of hydrogen-bond acceptors (Lipinski definition) is 5. The molecule has 2 aromatic rings. The van der Waals surface area contributed by atoms with E-state index < -0.39 is 0 Å². The van der Waals surface area contributed by atoms with Crippen LogP contribution in [0.2, 0.25) is 0 Å². The summed E-state index contributed by atoms with van der Waals surface area (Å²) in [5.41, 5.74) is 12.7. The molecule has 0 aliphatic heterocycles. The van der Waals surface area contributed by atoms with Crippen molar-refractivity contribution in [3.63, 3.8) is 0 Å². The normalized spacial score (nSPS) is 17.8. The summed E-state index contributed by atoms with van der Waals surface area (Å²) in [7, 11) is 0. The lowest BCUT2D eigenvalue weighted by atomic mass is 10.2. The molecule has 0 aromatic carbocycles. The Morgan fingerprint density at radius 2 is 2.12 bits per heavy atom. The molecule has 1 aliphatic carbocycles. The van der Waals surface area contributed by atoms with E-state index in [0.29, 0.717) is 17.4 Å². The number of nitrogen functional groups attached to an aromatic ring is 2. The summed E-state index contributed by atoms with van der Waals surface area (Å²) in [5.74, 6) is 1.29. The molecule has 1 aliphatic rings. The molecule has 2 aromatic heterocycles. The van der Waals surface area contributed by atoms with Crippen molar-refractivity contribution in [1.82, 2.24) is 19.5 Å². The molecule has 0 radical (unpaired) electrons. The Kier molecular flexibility index (Phi) is 1.80. The molecule has 1 fully saturated rings. The van der Waals surface area contributed by atoms with Crippen LogP contribution in [0.15, 0.2) is 6.33 Å². The van der Waals surface area contributed by atoms with Gasteiger partial charge in [0.25, 0.3) is 0 Å². The fourth-order valence-corrected chi connectivity index (χ4v) is 2.06. The predicted molar refractivity (Wildman–Crippen MR) is 61.6 cm³/mol. The van der Waals surface area contributed by atoms with Crippen LogP contribution in [-0.4, -0.2) is 19.5 Å². The third-order valence-corrected chi connectivity index (χ3v) is 3.21. The van der Waals surface area contributed by atoms with Gasteiger partial charge in [-0.25, -0.2) is 4.98 Å². The Labute approximate surface area is 92.7 Å². The second kappa shape index (κ2) is 3.07. The third kappa shape index (κ3) is 1.30. The largest absolute Gasteiger partial charge is 0.382 e. The van der Waals surface area contributed by atoms with E-state index in [1.165, 1.54) is 12.8 Å². The van der Waals surface area contributed by atoms with Crippen LogP contribution in [0.1, 0.15) is 25.8 Å². The van der Waals surface area contributed by atoms with Crippen molar-refractivity contribution < 1.29 is 0 Å². The summed E-state index contributed by atoms with van der Waals surface area (Å²) in [4.78, 5) is 12.4. The SMILES string of the molecule is CC(C1CC1)n1cnc2c(N)nc(N)nc21. The van der Waals surface area contributed by atoms with Gasteiger partial charge in [0.15, 0.2) is 11.5 Å². The van der Waals surface area contributed by atoms with Gasteiger partial charge in [0.2, 0.25) is 5.95 Å². The van der Waals surface area contributed by atoms with Crippen LogP contribution >= 0.6 is 0 Å². The van der Waals surface area contributed by atoms with Crippen molar-refractivity contribution in [3.05, 3.63) is 6.33 Å². The van der Waals surface area contributed by atoms with Gasteiger partial charge in [0.1, 0.15) is 5.52 Å². The van der Waals surface area contributed by atoms with Gasteiger partial charge in [-0.05, 0) is 25.7 Å². The zero-order chi connectivity index (χ0) is 11.3. The molecule has 4 N–H and O–H groups in total. The second-order valence-electron chi connectivity index (χ2n) is 4.37. The quantitative estimate of drug-likeness (QED) is 0.782. The molecule has 16 heavy (non-hydrogen) atoms. The molecule has 1 unspecified atom stereocenters. The molecular weight excluding hydrogens is 204 g/mol. The van der Waals surface area contributed by atoms with Gasteiger partial charge in [0, 0.05) is 6.04 Å². The lowest BCUT2D eigenvalue weighted by molar-refractivity contribution is 0.495. The second-order valence-corrected chi connectivity index (χ2v) is 4.37. The topological polar surface area (TPSA) is 95.6 Å². The number of hydrogen-bond donors (Lipinski definition) is 2. The molecule has 0 amide bonds. The lowest BCUT2D eigenvalue weighted by Gasteiger charge is -2.12. The first kappa shape index (κ1) is 9.38. The molecule has 3 rings (SSSR count). The van der Waals surface area contributed by atoms with Crippen LogP contribution in [-0.2, 0) is 0 Å². The van der Waals surface area contributed by atoms with Crippen molar-refractivity contribution >= 4 is 22.9 Å². The van der Waals surface area contributed by atoms with Gasteiger partial charge in [-0.2, -0.15) is 9.97 Å². The highest BCUT2D eigenvalue weighted by Gasteiger charge is 2.30. The molecule has 6 nitrogen and oxygen atoms in total. The molecular formula is C10H14N6. The Balaban J connectivity index is 2.18. The smallest absolute Gasteiger partial charge is 0.224 e. The summed E-state index contributed by atoms with van der Waals surface area (Å²) < 4.78 is 2.04. The number of aromatic nitrogens is 4. The summed E-state index contributed by atoms with van der Waals surface area (Å²) in [5, 5.41) is 0. The van der Waals surface area contributed by atoms with Crippen molar-refractivity contribution in [2.45, 2.75) is 25.8 Å². The van der Waals surface area contributed by atoms with Gasteiger partial charge in [-0.3, -0.25) is 0 Å². The standard InChI is InChI=1S/C10H14N6/c1-5(6-2-3-6)16-4-13-7-8(11)14-10(12)15-9(7)16/h4-6H,2-3H2,1H3,(H4,11,12,14,15). The average Bonchev–Trinajstić information content (AvgIpc) is 2.98. The summed E-state index contributed by atoms with van der Waals surface area (Å²) >= 11 is 0. The minimum atomic E-state index is 0.203. The van der Waals surface area contributed by atoms with Gasteiger partial charge in [-0.15, -0.1) is 0 Å². The minimum absolute atomic E-state index is 0.203. The van der Waals surface area contributed by atoms with Crippen LogP contribution < -0.4 is 11.5 Å². The molecule has 0 bridgehead atoms. The zero-order valence-corrected chi connectivity index (χ0v) is 9.09. The van der Waals surface area contributed by atoms with Gasteiger partial charge >= 0.3 is 0 Å². The van der Waals surface area contributed by atoms with E-state index in [4.69, 9.17) is 11.5 Å². The van der Waals surface area contributed by atoms with Crippen LogP contribution in [0.4, 0.5) is 11.8 Å². The zero-order valence-electron chi connectivity index (χ0n) is 9.09. The summed E-state index contributed by atoms with van der Waals surface area (Å²) in [6, 6.07) is 0.402. The summed E-state index contributed by atoms with van der Waals surface area (Å²) in [6.07, 6.45) is 4.33. The van der Waals surface area contributed by atoms with E-state index in [-0.39, 0.29) is 5.95 Å². The van der Waals surface area contributed by atoms with Gasteiger partial charge in [-0.1, -0.05) is 0 Å². The van der Waals surface area contributed by atoms with Crippen LogP contribution in [0, 0.1) is 5.92 Å². The number of imidazole rings is 1. The Bertz CT molecular complexity index is 541. The van der Waals surface area contributed by atoms with Gasteiger partial charge in [0.05, 0.1) is 6.33 Å². The first-order valence-electron chi connectivity index (χ1n) is 5.42. The Morgan fingerprint density at radius 1 is 1.38 bits per heavy atom. The maximum Gasteiger partial charge on any atom is 0.224 e. The monoisotopic (exact) mass is 218 g/mol. The fraction of sp³-hybridized carbons (Fsp3) is 0.500. The van der Waals surface area contributed by atoms with E-state index >= 15 is 0 Å². The van der Waals surface area contributed by atoms with E-state index in [1.54, 1.807) is 6.33 Å². The number of fused-ring (bicyclic) bond motifs is 1. The maximum absolute atomic E-state index is 5.76. The molecule has 0 saturated heterocycles. The molecule has 84 valence electrons. The number of nitrogens with two attached hydrogens (primary N) is 2. The predicted octanol–water partition coefficient (Wildman–Crippen LogP) is 0.962. The van der Waals surface area contributed by atoms with Crippen LogP contribution in [0.25, 0.3) is 11.2 Å². The van der Waals surface area contributed by atoms with Crippen molar-refractivity contribution in [2.75, 3.05) is 11.5 Å². The van der Waals surface area contributed by atoms with Crippen molar-refractivity contribution in [3.8, 4) is 0 Å². The lowest BCUT2D eigenvalue weighted by Crippen LogP contribution is -2.08. The van der Waals surface area contributed by atoms with Crippen molar-refractivity contribution in [2.24, 2.45) is 5.92 Å². The van der Waals surface area contributed by atoms with Crippen molar-refractivity contribution in [1.29, 1.82) is 0 Å². The van der Waals surface area contributed by atoms with E-state index in [0.717, 1.165) is 11.6 Å². The first-order valence-corrected chi connectivity index (χ1v) is 5.42. The molecule has 6 heteroatoms. The highest BCUT2D eigenvalue weighted by Crippen LogP contribution is 2.40.